The van der Waals surface area contributed by atoms with Crippen LogP contribution < -0.4 is 0 Å². The van der Waals surface area contributed by atoms with E-state index in [9.17, 15) is 18.0 Å². The number of rotatable bonds is 0. The fraction of sp³-hybridized carbons (Fsp3) is 0.412. The van der Waals surface area contributed by atoms with Gasteiger partial charge in [0, 0.05) is 11.6 Å². The summed E-state index contributed by atoms with van der Waals surface area (Å²) in [5.74, 6) is -1.79. The first-order valence-corrected chi connectivity index (χ1v) is 8.08. The van der Waals surface area contributed by atoms with E-state index in [0.29, 0.717) is 35.7 Å². The molecule has 126 valence electrons. The number of hydrogen-bond donors (Lipinski definition) is 0. The Balaban J connectivity index is 1.83. The van der Waals surface area contributed by atoms with Crippen LogP contribution in [0.25, 0.3) is 0 Å². The summed E-state index contributed by atoms with van der Waals surface area (Å²) in [7, 11) is 0. The third kappa shape index (κ3) is 1.92. The predicted octanol–water partition coefficient (Wildman–Crippen LogP) is 4.18. The molecule has 1 aromatic rings. The lowest BCUT2D eigenvalue weighted by atomic mass is 9.60. The molecule has 2 atom stereocenters. The number of fused-ring (bicyclic) bond motifs is 1. The molecule has 0 spiro atoms. The van der Waals surface area contributed by atoms with Gasteiger partial charge < -0.3 is 4.90 Å². The Morgan fingerprint density at radius 2 is 2.17 bits per heavy atom. The molecule has 1 amide bonds. The summed E-state index contributed by atoms with van der Waals surface area (Å²) >= 11 is 6.12. The van der Waals surface area contributed by atoms with Crippen LogP contribution in [0, 0.1) is 0 Å². The summed E-state index contributed by atoms with van der Waals surface area (Å²) in [5.41, 5.74) is 2.59. The van der Waals surface area contributed by atoms with E-state index in [-0.39, 0.29) is 6.54 Å². The van der Waals surface area contributed by atoms with Crippen molar-refractivity contribution in [1.29, 1.82) is 0 Å². The van der Waals surface area contributed by atoms with Gasteiger partial charge in [0.25, 0.3) is 0 Å². The summed E-state index contributed by atoms with van der Waals surface area (Å²) in [4.78, 5) is 17.3. The topological polar surface area (TPSA) is 32.7 Å². The SMILES string of the molecule is C=C1CCC2C3=Nc4ccc(Cl)cc4C13CCN2C(=O)C(F)(F)F. The van der Waals surface area contributed by atoms with E-state index in [1.807, 2.05) is 6.07 Å². The van der Waals surface area contributed by atoms with E-state index in [2.05, 4.69) is 11.6 Å². The normalized spacial score (nSPS) is 28.3. The fourth-order valence-corrected chi connectivity index (χ4v) is 4.47. The number of likely N-dealkylation sites (tertiary alicyclic amines) is 1. The number of nitrogens with zero attached hydrogens (tertiary/aromatic N) is 2. The van der Waals surface area contributed by atoms with Gasteiger partial charge in [0.15, 0.2) is 0 Å². The lowest BCUT2D eigenvalue weighted by molar-refractivity contribution is -0.187. The van der Waals surface area contributed by atoms with Crippen LogP contribution in [0.15, 0.2) is 35.3 Å². The Labute approximate surface area is 141 Å². The summed E-state index contributed by atoms with van der Waals surface area (Å²) in [6.45, 7) is 4.20. The molecule has 1 saturated heterocycles. The number of alkyl halides is 3. The smallest absolute Gasteiger partial charge is 0.326 e. The van der Waals surface area contributed by atoms with Crippen molar-refractivity contribution in [2.75, 3.05) is 6.54 Å². The van der Waals surface area contributed by atoms with Gasteiger partial charge in [0.2, 0.25) is 0 Å². The lowest BCUT2D eigenvalue weighted by Crippen LogP contribution is -2.62. The minimum Gasteiger partial charge on any atom is -0.326 e. The summed E-state index contributed by atoms with van der Waals surface area (Å²) in [5, 5.41) is 0.559. The number of carbonyl (C=O) groups is 1. The second kappa shape index (κ2) is 4.85. The van der Waals surface area contributed by atoms with Crippen molar-refractivity contribution in [3.63, 3.8) is 0 Å². The number of piperidine rings is 1. The van der Waals surface area contributed by atoms with Gasteiger partial charge in [-0.2, -0.15) is 13.2 Å². The predicted molar refractivity (Wildman–Crippen MR) is 84.8 cm³/mol. The lowest BCUT2D eigenvalue weighted by Gasteiger charge is -2.50. The molecular formula is C17H14ClF3N2O. The fourth-order valence-electron chi connectivity index (χ4n) is 4.30. The van der Waals surface area contributed by atoms with Crippen LogP contribution in [0.3, 0.4) is 0 Å². The van der Waals surface area contributed by atoms with Crippen molar-refractivity contribution in [1.82, 2.24) is 4.90 Å². The zero-order chi connectivity index (χ0) is 17.3. The van der Waals surface area contributed by atoms with Gasteiger partial charge in [0.05, 0.1) is 22.9 Å². The van der Waals surface area contributed by atoms with Crippen LogP contribution in [0.1, 0.15) is 24.8 Å². The van der Waals surface area contributed by atoms with Crippen LogP contribution >= 0.6 is 11.6 Å². The highest BCUT2D eigenvalue weighted by Gasteiger charge is 2.58. The molecule has 3 aliphatic rings. The average molecular weight is 355 g/mol. The first-order valence-electron chi connectivity index (χ1n) is 7.70. The van der Waals surface area contributed by atoms with Crippen LogP contribution in [0.4, 0.5) is 18.9 Å². The first kappa shape index (κ1) is 15.7. The van der Waals surface area contributed by atoms with Gasteiger partial charge in [-0.1, -0.05) is 23.8 Å². The number of aliphatic imine (C=N–C) groups is 1. The highest BCUT2D eigenvalue weighted by Crippen LogP contribution is 2.55. The molecule has 2 unspecified atom stereocenters. The molecule has 1 aromatic carbocycles. The third-order valence-electron chi connectivity index (χ3n) is 5.34. The zero-order valence-electron chi connectivity index (χ0n) is 12.7. The van der Waals surface area contributed by atoms with Crippen LogP contribution in [-0.4, -0.2) is 35.3 Å². The van der Waals surface area contributed by atoms with E-state index in [1.54, 1.807) is 12.1 Å². The van der Waals surface area contributed by atoms with Crippen LogP contribution in [0.2, 0.25) is 5.02 Å². The van der Waals surface area contributed by atoms with Crippen molar-refractivity contribution in [3.8, 4) is 0 Å². The average Bonchev–Trinajstić information content (AvgIpc) is 2.85. The second-order valence-electron chi connectivity index (χ2n) is 6.47. The Morgan fingerprint density at radius 1 is 1.42 bits per heavy atom. The highest BCUT2D eigenvalue weighted by molar-refractivity contribution is 6.31. The summed E-state index contributed by atoms with van der Waals surface area (Å²) < 4.78 is 38.8. The van der Waals surface area contributed by atoms with Crippen molar-refractivity contribution in [2.24, 2.45) is 4.99 Å². The van der Waals surface area contributed by atoms with E-state index in [1.165, 1.54) is 0 Å². The minimum absolute atomic E-state index is 0.0347. The van der Waals surface area contributed by atoms with E-state index in [4.69, 9.17) is 11.6 Å². The largest absolute Gasteiger partial charge is 0.471 e. The van der Waals surface area contributed by atoms with Crippen molar-refractivity contribution < 1.29 is 18.0 Å². The molecule has 0 aromatic heterocycles. The summed E-state index contributed by atoms with van der Waals surface area (Å²) in [6, 6.07) is 4.67. The van der Waals surface area contributed by atoms with E-state index in [0.717, 1.165) is 16.0 Å². The Hall–Kier alpha value is -1.82. The zero-order valence-corrected chi connectivity index (χ0v) is 13.4. The number of amides is 1. The molecule has 24 heavy (non-hydrogen) atoms. The monoisotopic (exact) mass is 354 g/mol. The Bertz CT molecular complexity index is 802. The molecule has 3 nitrogen and oxygen atoms in total. The van der Waals surface area contributed by atoms with E-state index >= 15 is 0 Å². The highest BCUT2D eigenvalue weighted by atomic mass is 35.5. The molecule has 1 aliphatic carbocycles. The molecule has 2 fully saturated rings. The van der Waals surface area contributed by atoms with Gasteiger partial charge >= 0.3 is 12.1 Å². The maximum absolute atomic E-state index is 12.9. The molecule has 2 bridgehead atoms. The van der Waals surface area contributed by atoms with Crippen LogP contribution in [-0.2, 0) is 10.2 Å². The maximum Gasteiger partial charge on any atom is 0.471 e. The Morgan fingerprint density at radius 3 is 2.88 bits per heavy atom. The van der Waals surface area contributed by atoms with Gasteiger partial charge in [0.1, 0.15) is 0 Å². The first-order chi connectivity index (χ1) is 11.2. The van der Waals surface area contributed by atoms with Crippen molar-refractivity contribution >= 4 is 28.9 Å². The number of benzene rings is 1. The molecule has 0 N–H and O–H groups in total. The number of hydrogen-bond acceptors (Lipinski definition) is 2. The molecule has 4 rings (SSSR count). The van der Waals surface area contributed by atoms with Crippen molar-refractivity contribution in [3.05, 3.63) is 40.9 Å². The van der Waals surface area contributed by atoms with Gasteiger partial charge in [-0.05, 0) is 43.0 Å². The van der Waals surface area contributed by atoms with Gasteiger partial charge in [-0.3, -0.25) is 9.79 Å². The Kier molecular flexibility index (Phi) is 3.17. The number of carbonyl (C=O) groups excluding carboxylic acids is 1. The van der Waals surface area contributed by atoms with Gasteiger partial charge in [-0.25, -0.2) is 0 Å². The number of halogens is 4. The third-order valence-corrected chi connectivity index (χ3v) is 5.58. The maximum atomic E-state index is 12.9. The summed E-state index contributed by atoms with van der Waals surface area (Å²) in [6.07, 6.45) is -3.53. The molecule has 0 radical (unpaired) electrons. The number of allylic oxidation sites excluding steroid dienone is 1. The minimum atomic E-state index is -4.87. The van der Waals surface area contributed by atoms with E-state index < -0.39 is 23.5 Å². The van der Waals surface area contributed by atoms with Gasteiger partial charge in [-0.15, -0.1) is 0 Å². The molecule has 1 saturated carbocycles. The quantitative estimate of drug-likeness (QED) is 0.643. The molecular weight excluding hydrogens is 341 g/mol. The van der Waals surface area contributed by atoms with Crippen molar-refractivity contribution in [2.45, 2.75) is 36.9 Å². The standard InChI is InChI=1S/C17H14ClF3N2O/c1-9-2-5-13-14-16(9,6-7-23(13)15(24)17(19,20)21)11-8-10(18)3-4-12(11)22-14/h3-4,8,13H,1-2,5-7H2. The molecule has 2 aliphatic heterocycles. The van der Waals surface area contributed by atoms with Crippen LogP contribution in [0.5, 0.6) is 0 Å². The second-order valence-corrected chi connectivity index (χ2v) is 6.90. The molecule has 2 heterocycles. The molecule has 7 heteroatoms.